The van der Waals surface area contributed by atoms with Gasteiger partial charge in [-0.15, -0.1) is 0 Å². The van der Waals surface area contributed by atoms with Gasteiger partial charge in [0.2, 0.25) is 0 Å². The van der Waals surface area contributed by atoms with E-state index in [4.69, 9.17) is 14.5 Å². The highest BCUT2D eigenvalue weighted by molar-refractivity contribution is 5.96. The highest BCUT2D eigenvalue weighted by Gasteiger charge is 2.20. The second-order valence-electron chi connectivity index (χ2n) is 10.7. The molecule has 0 unspecified atom stereocenters. The van der Waals surface area contributed by atoms with Gasteiger partial charge in [-0.3, -0.25) is 24.7 Å². The molecule has 5 heterocycles. The van der Waals surface area contributed by atoms with Gasteiger partial charge in [-0.05, 0) is 85.1 Å². The van der Waals surface area contributed by atoms with Gasteiger partial charge in [0.05, 0.1) is 53.4 Å². The molecule has 0 aliphatic heterocycles. The maximum Gasteiger partial charge on any atom is 0.341 e. The summed E-state index contributed by atoms with van der Waals surface area (Å²) < 4.78 is 11.4. The van der Waals surface area contributed by atoms with Crippen molar-refractivity contribution in [3.63, 3.8) is 0 Å². The summed E-state index contributed by atoms with van der Waals surface area (Å²) in [7, 11) is 1.34. The molecule has 0 fully saturated rings. The number of ether oxygens (including phenoxy) is 2. The highest BCUT2D eigenvalue weighted by Crippen LogP contribution is 2.37. The first-order valence-corrected chi connectivity index (χ1v) is 15.5. The number of amides is 1. The third kappa shape index (κ3) is 7.56. The molecule has 0 aliphatic carbocycles. The number of pyridine rings is 5. The van der Waals surface area contributed by atoms with Crippen LogP contribution in [0.3, 0.4) is 0 Å². The lowest BCUT2D eigenvalue weighted by Gasteiger charge is -2.17. The van der Waals surface area contributed by atoms with Gasteiger partial charge in [0, 0.05) is 36.9 Å². The average Bonchev–Trinajstić information content (AvgIpc) is 3.16. The van der Waals surface area contributed by atoms with Crippen LogP contribution in [-0.4, -0.2) is 57.1 Å². The summed E-state index contributed by atoms with van der Waals surface area (Å²) in [6.45, 7) is 0.753. The van der Waals surface area contributed by atoms with Crippen molar-refractivity contribution in [1.29, 1.82) is 0 Å². The minimum atomic E-state index is -0.509. The van der Waals surface area contributed by atoms with Gasteiger partial charge in [-0.2, -0.15) is 0 Å². The van der Waals surface area contributed by atoms with Crippen LogP contribution >= 0.6 is 0 Å². The Kier molecular flexibility index (Phi) is 10.1. The SMILES string of the molecule is COC(=O)c1cccc(-c2cc(-c3ccccn3)nc(-c3ccccn3)c2)c1OCCCCNC(=O)c1ccc(-c2ccccn2)nc1. The Bertz CT molecular complexity index is 1930. The van der Waals surface area contributed by atoms with Crippen LogP contribution in [-0.2, 0) is 4.74 Å². The zero-order valence-electron chi connectivity index (χ0n) is 26.2. The van der Waals surface area contributed by atoms with E-state index in [1.54, 1.807) is 49.1 Å². The first-order chi connectivity index (χ1) is 23.6. The van der Waals surface area contributed by atoms with Gasteiger partial charge in [-0.1, -0.05) is 30.3 Å². The topological polar surface area (TPSA) is 129 Å². The van der Waals surface area contributed by atoms with Crippen LogP contribution in [0.1, 0.15) is 33.6 Å². The predicted molar refractivity (Wildman–Crippen MR) is 182 cm³/mol. The molecule has 10 nitrogen and oxygen atoms in total. The average molecular weight is 637 g/mol. The molecule has 1 aromatic carbocycles. The standard InChI is InChI=1S/C38H32N6O4/c1-47-38(46)29-12-10-11-28(27-23-34(31-14-3-6-19-40-31)44-35(24-27)32-15-4-7-20-41-32)36(29)48-22-9-8-21-42-37(45)26-16-17-33(43-25-26)30-13-2-5-18-39-30/h2-7,10-20,23-25H,8-9,21-22H2,1H3,(H,42,45). The quantitative estimate of drug-likeness (QED) is 0.115. The van der Waals surface area contributed by atoms with Crippen molar-refractivity contribution < 1.29 is 19.1 Å². The van der Waals surface area contributed by atoms with E-state index in [1.165, 1.54) is 7.11 Å². The number of carbonyl (C=O) groups excluding carboxylic acids is 2. The predicted octanol–water partition coefficient (Wildman–Crippen LogP) is 6.71. The number of nitrogens with zero attached hydrogens (tertiary/aromatic N) is 5. The van der Waals surface area contributed by atoms with Gasteiger partial charge in [0.15, 0.2) is 0 Å². The Morgan fingerprint density at radius 2 is 1.29 bits per heavy atom. The lowest BCUT2D eigenvalue weighted by Crippen LogP contribution is -2.24. The molecule has 1 N–H and O–H groups in total. The van der Waals surface area contributed by atoms with Crippen molar-refractivity contribution in [2.24, 2.45) is 0 Å². The monoisotopic (exact) mass is 636 g/mol. The number of unbranched alkanes of at least 4 members (excludes halogenated alkanes) is 1. The Balaban J connectivity index is 1.16. The van der Waals surface area contributed by atoms with Crippen molar-refractivity contribution in [2.45, 2.75) is 12.8 Å². The van der Waals surface area contributed by atoms with E-state index in [9.17, 15) is 9.59 Å². The molecular weight excluding hydrogens is 604 g/mol. The summed E-state index contributed by atoms with van der Waals surface area (Å²) in [5.74, 6) is -0.317. The van der Waals surface area contributed by atoms with Crippen LogP contribution in [0, 0.1) is 0 Å². The summed E-state index contributed by atoms with van der Waals surface area (Å²) in [4.78, 5) is 48.1. The van der Waals surface area contributed by atoms with E-state index >= 15 is 0 Å². The number of esters is 1. The maximum absolute atomic E-state index is 12.9. The fourth-order valence-electron chi connectivity index (χ4n) is 5.07. The molecule has 0 saturated heterocycles. The summed E-state index contributed by atoms with van der Waals surface area (Å²) in [5, 5.41) is 2.93. The third-order valence-electron chi connectivity index (χ3n) is 7.47. The molecule has 6 rings (SSSR count). The third-order valence-corrected chi connectivity index (χ3v) is 7.47. The molecule has 48 heavy (non-hydrogen) atoms. The Hall–Kier alpha value is -6.29. The molecule has 0 aliphatic rings. The molecule has 10 heteroatoms. The van der Waals surface area contributed by atoms with E-state index in [1.807, 2.05) is 72.8 Å². The molecule has 0 bridgehead atoms. The second-order valence-corrected chi connectivity index (χ2v) is 10.7. The molecular formula is C38H32N6O4. The summed E-state index contributed by atoms with van der Waals surface area (Å²) in [5.41, 5.74) is 6.40. The summed E-state index contributed by atoms with van der Waals surface area (Å²) in [6, 6.07) is 29.6. The number of para-hydroxylation sites is 1. The molecule has 0 radical (unpaired) electrons. The molecule has 1 amide bonds. The van der Waals surface area contributed by atoms with E-state index in [2.05, 4.69) is 25.3 Å². The van der Waals surface area contributed by atoms with Crippen molar-refractivity contribution >= 4 is 11.9 Å². The van der Waals surface area contributed by atoms with Crippen LogP contribution < -0.4 is 10.1 Å². The first kappa shape index (κ1) is 31.7. The summed E-state index contributed by atoms with van der Waals surface area (Å²) >= 11 is 0. The number of hydrogen-bond donors (Lipinski definition) is 1. The van der Waals surface area contributed by atoms with Crippen molar-refractivity contribution in [2.75, 3.05) is 20.3 Å². The number of nitrogens with one attached hydrogen (secondary N) is 1. The van der Waals surface area contributed by atoms with Crippen LogP contribution in [0.2, 0.25) is 0 Å². The zero-order valence-corrected chi connectivity index (χ0v) is 26.2. The van der Waals surface area contributed by atoms with Gasteiger partial charge in [0.25, 0.3) is 5.91 Å². The largest absolute Gasteiger partial charge is 0.492 e. The number of aromatic nitrogens is 5. The Morgan fingerprint density at radius 3 is 1.85 bits per heavy atom. The van der Waals surface area contributed by atoms with Crippen LogP contribution in [0.25, 0.3) is 45.3 Å². The minimum absolute atomic E-state index is 0.209. The van der Waals surface area contributed by atoms with Gasteiger partial charge in [0.1, 0.15) is 11.3 Å². The smallest absolute Gasteiger partial charge is 0.341 e. The zero-order chi connectivity index (χ0) is 33.1. The van der Waals surface area contributed by atoms with E-state index in [-0.39, 0.29) is 5.91 Å². The molecule has 0 spiro atoms. The molecule has 6 aromatic rings. The fourth-order valence-corrected chi connectivity index (χ4v) is 5.07. The second kappa shape index (κ2) is 15.3. The number of rotatable bonds is 12. The van der Waals surface area contributed by atoms with Crippen molar-refractivity contribution in [3.8, 4) is 51.0 Å². The van der Waals surface area contributed by atoms with Crippen molar-refractivity contribution in [3.05, 3.63) is 133 Å². The lowest BCUT2D eigenvalue weighted by molar-refractivity contribution is 0.0595. The van der Waals surface area contributed by atoms with Crippen LogP contribution in [0.5, 0.6) is 5.75 Å². The maximum atomic E-state index is 12.9. The van der Waals surface area contributed by atoms with Crippen LogP contribution in [0.4, 0.5) is 0 Å². The van der Waals surface area contributed by atoms with Gasteiger partial charge < -0.3 is 14.8 Å². The lowest BCUT2D eigenvalue weighted by atomic mass is 9.99. The molecule has 238 valence electrons. The van der Waals surface area contributed by atoms with Crippen molar-refractivity contribution in [1.82, 2.24) is 30.2 Å². The number of benzene rings is 1. The number of carbonyl (C=O) groups is 2. The Morgan fingerprint density at radius 1 is 0.667 bits per heavy atom. The number of hydrogen-bond acceptors (Lipinski definition) is 9. The molecule has 0 saturated carbocycles. The number of methoxy groups -OCH3 is 1. The molecule has 5 aromatic heterocycles. The van der Waals surface area contributed by atoms with Gasteiger partial charge >= 0.3 is 5.97 Å². The highest BCUT2D eigenvalue weighted by atomic mass is 16.5. The first-order valence-electron chi connectivity index (χ1n) is 15.5. The Labute approximate surface area is 277 Å². The normalized spacial score (nSPS) is 10.7. The fraction of sp³-hybridized carbons (Fsp3) is 0.132. The van der Waals surface area contributed by atoms with Gasteiger partial charge in [-0.25, -0.2) is 9.78 Å². The molecule has 0 atom stereocenters. The van der Waals surface area contributed by atoms with Crippen LogP contribution in [0.15, 0.2) is 122 Å². The van der Waals surface area contributed by atoms with E-state index < -0.39 is 5.97 Å². The summed E-state index contributed by atoms with van der Waals surface area (Å²) in [6.07, 6.45) is 7.97. The van der Waals surface area contributed by atoms with E-state index in [0.29, 0.717) is 76.9 Å². The van der Waals surface area contributed by atoms with E-state index in [0.717, 1.165) is 11.3 Å². The minimum Gasteiger partial charge on any atom is -0.492 e.